The van der Waals surface area contributed by atoms with E-state index in [2.05, 4.69) is 54.9 Å². The van der Waals surface area contributed by atoms with Crippen molar-refractivity contribution in [2.75, 3.05) is 10.6 Å². The maximum atomic E-state index is 11.3. The van der Waals surface area contributed by atoms with Gasteiger partial charge < -0.3 is 10.6 Å². The average Bonchev–Trinajstić information content (AvgIpc) is 3.09. The summed E-state index contributed by atoms with van der Waals surface area (Å²) in [7, 11) is 0. The molecule has 6 nitrogen and oxygen atoms in total. The molecule has 0 radical (unpaired) electrons. The molecule has 2 N–H and O–H groups in total. The number of allylic oxidation sites excluding steroid dienone is 1. The second-order valence-electron chi connectivity index (χ2n) is 6.00. The number of carbonyl (C=O) groups is 1. The Morgan fingerprint density at radius 2 is 2.08 bits per heavy atom. The van der Waals surface area contributed by atoms with Crippen LogP contribution < -0.4 is 10.6 Å². The van der Waals surface area contributed by atoms with E-state index in [0.717, 1.165) is 27.0 Å². The van der Waals surface area contributed by atoms with Gasteiger partial charge in [-0.05, 0) is 41.5 Å². The van der Waals surface area contributed by atoms with Crippen LogP contribution in [0.3, 0.4) is 0 Å². The van der Waals surface area contributed by atoms with E-state index in [1.165, 1.54) is 13.3 Å². The number of fused-ring (bicyclic) bond motifs is 1. The first kappa shape index (κ1) is 16.5. The lowest BCUT2D eigenvalue weighted by atomic mass is 10.0. The third-order valence-electron chi connectivity index (χ3n) is 4.09. The van der Waals surface area contributed by atoms with Crippen LogP contribution in [-0.2, 0) is 4.79 Å². The summed E-state index contributed by atoms with van der Waals surface area (Å²) in [5, 5.41) is 10.5. The first-order valence-corrected chi connectivity index (χ1v) is 8.91. The molecule has 0 unspecified atom stereocenters. The van der Waals surface area contributed by atoms with Crippen molar-refractivity contribution in [3.8, 4) is 0 Å². The van der Waals surface area contributed by atoms with Gasteiger partial charge in [-0.1, -0.05) is 40.2 Å². The molecular weight excluding hydrogens is 394 g/mol. The van der Waals surface area contributed by atoms with Gasteiger partial charge in [-0.25, -0.2) is 4.68 Å². The van der Waals surface area contributed by atoms with Crippen LogP contribution >= 0.6 is 15.9 Å². The molecule has 1 aliphatic rings. The number of hydrogen-bond acceptors (Lipinski definition) is 4. The molecule has 0 bridgehead atoms. The molecule has 0 saturated heterocycles. The molecule has 0 fully saturated rings. The van der Waals surface area contributed by atoms with Crippen molar-refractivity contribution in [1.29, 1.82) is 0 Å². The fourth-order valence-corrected chi connectivity index (χ4v) is 3.41. The van der Waals surface area contributed by atoms with Crippen molar-refractivity contribution in [1.82, 2.24) is 14.8 Å². The van der Waals surface area contributed by atoms with Gasteiger partial charge in [0.2, 0.25) is 11.9 Å². The monoisotopic (exact) mass is 409 g/mol. The zero-order chi connectivity index (χ0) is 18.1. The van der Waals surface area contributed by atoms with Gasteiger partial charge in [0.1, 0.15) is 12.4 Å². The summed E-state index contributed by atoms with van der Waals surface area (Å²) in [6.07, 6.45) is 3.65. The molecule has 1 atom stereocenters. The number of aromatic nitrogens is 3. The molecule has 0 spiro atoms. The second kappa shape index (κ2) is 6.76. The zero-order valence-electron chi connectivity index (χ0n) is 14.0. The molecule has 2 heterocycles. The number of nitrogens with one attached hydrogen (secondary N) is 2. The summed E-state index contributed by atoms with van der Waals surface area (Å²) in [4.78, 5) is 15.7. The van der Waals surface area contributed by atoms with Gasteiger partial charge in [-0.2, -0.15) is 10.1 Å². The molecule has 26 heavy (non-hydrogen) atoms. The normalized spacial score (nSPS) is 15.6. The average molecular weight is 410 g/mol. The first-order valence-electron chi connectivity index (χ1n) is 8.12. The van der Waals surface area contributed by atoms with E-state index in [9.17, 15) is 4.79 Å². The maximum Gasteiger partial charge on any atom is 0.226 e. The molecule has 1 aromatic heterocycles. The highest BCUT2D eigenvalue weighted by Crippen LogP contribution is 2.33. The Labute approximate surface area is 159 Å². The Kier molecular flexibility index (Phi) is 4.30. The molecule has 1 amide bonds. The standard InChI is InChI=1S/C19H16BrN5O/c1-12(26)23-16-7-3-4-13(9-16)17-10-18(14-5-2-6-15(20)8-14)25-19(24-17)21-11-22-25/h2-11,18H,1H3,(H,23,26)(H,21,22,24)/t18-/m0/s1. The van der Waals surface area contributed by atoms with Crippen molar-refractivity contribution in [2.45, 2.75) is 13.0 Å². The molecule has 0 aliphatic carbocycles. The molecule has 130 valence electrons. The van der Waals surface area contributed by atoms with Gasteiger partial charge in [0.15, 0.2) is 0 Å². The van der Waals surface area contributed by atoms with Gasteiger partial charge in [-0.3, -0.25) is 4.79 Å². The van der Waals surface area contributed by atoms with Crippen molar-refractivity contribution < 1.29 is 4.79 Å². The number of carbonyl (C=O) groups excluding carboxylic acids is 1. The largest absolute Gasteiger partial charge is 0.326 e. The number of anilines is 2. The van der Waals surface area contributed by atoms with E-state index < -0.39 is 0 Å². The third kappa shape index (κ3) is 3.25. The van der Waals surface area contributed by atoms with Crippen LogP contribution in [0.4, 0.5) is 11.6 Å². The van der Waals surface area contributed by atoms with Gasteiger partial charge in [-0.15, -0.1) is 0 Å². The van der Waals surface area contributed by atoms with Crippen LogP contribution in [0.2, 0.25) is 0 Å². The minimum atomic E-state index is -0.0977. The number of benzene rings is 2. The zero-order valence-corrected chi connectivity index (χ0v) is 15.6. The Bertz CT molecular complexity index is 1010. The SMILES string of the molecule is CC(=O)Nc1cccc(C2=C[C@@H](c3cccc(Br)c3)n3ncnc3N2)c1. The van der Waals surface area contributed by atoms with Crippen LogP contribution in [0.1, 0.15) is 24.1 Å². The molecule has 3 aromatic rings. The van der Waals surface area contributed by atoms with Crippen molar-refractivity contribution in [3.63, 3.8) is 0 Å². The summed E-state index contributed by atoms with van der Waals surface area (Å²) in [6.45, 7) is 1.50. The fourth-order valence-electron chi connectivity index (χ4n) is 3.00. The lowest BCUT2D eigenvalue weighted by Crippen LogP contribution is -2.20. The van der Waals surface area contributed by atoms with Crippen LogP contribution in [0.25, 0.3) is 5.70 Å². The highest BCUT2D eigenvalue weighted by molar-refractivity contribution is 9.10. The predicted octanol–water partition coefficient (Wildman–Crippen LogP) is 4.06. The number of nitrogens with zero attached hydrogens (tertiary/aromatic N) is 3. The molecule has 7 heteroatoms. The quantitative estimate of drug-likeness (QED) is 0.684. The Morgan fingerprint density at radius 1 is 1.23 bits per heavy atom. The topological polar surface area (TPSA) is 71.8 Å². The van der Waals surface area contributed by atoms with Gasteiger partial charge >= 0.3 is 0 Å². The molecule has 0 saturated carbocycles. The van der Waals surface area contributed by atoms with Crippen molar-refractivity contribution in [2.24, 2.45) is 0 Å². The molecular formula is C19H16BrN5O. The van der Waals surface area contributed by atoms with Gasteiger partial charge in [0, 0.05) is 22.8 Å². The highest BCUT2D eigenvalue weighted by atomic mass is 79.9. The molecule has 1 aliphatic heterocycles. The predicted molar refractivity (Wildman–Crippen MR) is 105 cm³/mol. The van der Waals surface area contributed by atoms with Crippen LogP contribution in [-0.4, -0.2) is 20.7 Å². The minimum absolute atomic E-state index is 0.0781. The summed E-state index contributed by atoms with van der Waals surface area (Å²) in [5.74, 6) is 0.580. The van der Waals surface area contributed by atoms with E-state index >= 15 is 0 Å². The van der Waals surface area contributed by atoms with E-state index in [0.29, 0.717) is 5.95 Å². The number of halogens is 1. The van der Waals surface area contributed by atoms with Crippen molar-refractivity contribution in [3.05, 3.63) is 76.5 Å². The van der Waals surface area contributed by atoms with Crippen LogP contribution in [0, 0.1) is 0 Å². The minimum Gasteiger partial charge on any atom is -0.326 e. The fraction of sp³-hybridized carbons (Fsp3) is 0.105. The summed E-state index contributed by atoms with van der Waals surface area (Å²) >= 11 is 3.53. The highest BCUT2D eigenvalue weighted by Gasteiger charge is 2.23. The summed E-state index contributed by atoms with van der Waals surface area (Å²) in [6, 6.07) is 15.8. The van der Waals surface area contributed by atoms with E-state index in [1.807, 2.05) is 41.1 Å². The van der Waals surface area contributed by atoms with E-state index in [-0.39, 0.29) is 11.9 Å². The Balaban J connectivity index is 1.76. The lowest BCUT2D eigenvalue weighted by molar-refractivity contribution is -0.114. The Morgan fingerprint density at radius 3 is 2.88 bits per heavy atom. The summed E-state index contributed by atoms with van der Waals surface area (Å²) < 4.78 is 2.86. The Hall–Kier alpha value is -2.93. The van der Waals surface area contributed by atoms with Gasteiger partial charge in [0.05, 0.1) is 0 Å². The van der Waals surface area contributed by atoms with E-state index in [1.54, 1.807) is 0 Å². The van der Waals surface area contributed by atoms with E-state index in [4.69, 9.17) is 0 Å². The number of hydrogen-bond donors (Lipinski definition) is 2. The van der Waals surface area contributed by atoms with Crippen LogP contribution in [0.15, 0.2) is 65.4 Å². The summed E-state index contributed by atoms with van der Waals surface area (Å²) in [5.41, 5.74) is 3.74. The maximum absolute atomic E-state index is 11.3. The third-order valence-corrected chi connectivity index (χ3v) is 4.58. The van der Waals surface area contributed by atoms with Crippen molar-refractivity contribution >= 4 is 39.2 Å². The van der Waals surface area contributed by atoms with Gasteiger partial charge in [0.25, 0.3) is 0 Å². The second-order valence-corrected chi connectivity index (χ2v) is 6.91. The first-order chi connectivity index (χ1) is 12.6. The van der Waals surface area contributed by atoms with Crippen LogP contribution in [0.5, 0.6) is 0 Å². The smallest absolute Gasteiger partial charge is 0.226 e. The molecule has 2 aromatic carbocycles. The number of amides is 1. The lowest BCUT2D eigenvalue weighted by Gasteiger charge is -2.24. The number of rotatable bonds is 3. The molecule has 4 rings (SSSR count).